The summed E-state index contributed by atoms with van der Waals surface area (Å²) in [6.07, 6.45) is 1.70. The predicted octanol–water partition coefficient (Wildman–Crippen LogP) is 2.84. The summed E-state index contributed by atoms with van der Waals surface area (Å²) >= 11 is 1.39. The number of nitrogens with zero attached hydrogens (tertiary/aromatic N) is 2. The van der Waals surface area contributed by atoms with Crippen LogP contribution in [0.5, 0.6) is 5.75 Å². The fourth-order valence-electron chi connectivity index (χ4n) is 1.87. The highest BCUT2D eigenvalue weighted by Gasteiger charge is 2.12. The minimum absolute atomic E-state index is 0.203. The molecule has 110 valence electrons. The highest BCUT2D eigenvalue weighted by molar-refractivity contribution is 7.13. The van der Waals surface area contributed by atoms with Gasteiger partial charge in [0.05, 0.1) is 5.69 Å². The maximum atomic E-state index is 12.1. The molecule has 0 spiro atoms. The van der Waals surface area contributed by atoms with Crippen LogP contribution in [-0.2, 0) is 6.54 Å². The molecule has 1 amide bonds. The van der Waals surface area contributed by atoms with Crippen molar-refractivity contribution in [2.75, 3.05) is 0 Å². The molecule has 0 unspecified atom stereocenters. The lowest BCUT2D eigenvalue weighted by Crippen LogP contribution is -2.23. The number of aromatic nitrogens is 2. The van der Waals surface area contributed by atoms with Crippen molar-refractivity contribution < 1.29 is 9.90 Å². The van der Waals surface area contributed by atoms with Crippen LogP contribution in [-0.4, -0.2) is 21.0 Å². The second-order valence-electron chi connectivity index (χ2n) is 4.60. The zero-order valence-corrected chi connectivity index (χ0v) is 12.4. The largest absolute Gasteiger partial charge is 0.508 e. The lowest BCUT2D eigenvalue weighted by molar-refractivity contribution is 0.0946. The standard InChI is InChI=1S/C16H13N3O2S/c20-12-6-4-11(5-7-12)9-18-15(21)14-10-22-16(19-14)13-3-1-2-8-17-13/h1-8,10,20H,9H2,(H,18,21). The fourth-order valence-corrected chi connectivity index (χ4v) is 2.65. The molecule has 0 atom stereocenters. The Labute approximate surface area is 131 Å². The molecule has 0 aliphatic rings. The number of carbonyl (C=O) groups excluding carboxylic acids is 1. The maximum Gasteiger partial charge on any atom is 0.271 e. The third-order valence-electron chi connectivity index (χ3n) is 3.01. The third kappa shape index (κ3) is 3.29. The van der Waals surface area contributed by atoms with Gasteiger partial charge in [-0.05, 0) is 29.8 Å². The normalized spacial score (nSPS) is 10.4. The van der Waals surface area contributed by atoms with Gasteiger partial charge >= 0.3 is 0 Å². The Morgan fingerprint density at radius 3 is 2.73 bits per heavy atom. The number of hydrogen-bond donors (Lipinski definition) is 2. The number of pyridine rings is 1. The van der Waals surface area contributed by atoms with Crippen LogP contribution in [0, 0.1) is 0 Å². The number of benzene rings is 1. The van der Waals surface area contributed by atoms with E-state index in [1.165, 1.54) is 11.3 Å². The average molecular weight is 311 g/mol. The van der Waals surface area contributed by atoms with Crippen LogP contribution in [0.4, 0.5) is 0 Å². The monoisotopic (exact) mass is 311 g/mol. The first-order chi connectivity index (χ1) is 10.7. The minimum atomic E-state index is -0.230. The molecule has 0 saturated carbocycles. The molecule has 0 fully saturated rings. The van der Waals surface area contributed by atoms with Crippen molar-refractivity contribution in [1.29, 1.82) is 0 Å². The van der Waals surface area contributed by atoms with E-state index >= 15 is 0 Å². The number of hydrogen-bond acceptors (Lipinski definition) is 5. The second-order valence-corrected chi connectivity index (χ2v) is 5.46. The van der Waals surface area contributed by atoms with Crippen molar-refractivity contribution in [1.82, 2.24) is 15.3 Å². The van der Waals surface area contributed by atoms with E-state index in [4.69, 9.17) is 0 Å². The van der Waals surface area contributed by atoms with Crippen LogP contribution in [0.15, 0.2) is 54.0 Å². The van der Waals surface area contributed by atoms with Crippen LogP contribution in [0.25, 0.3) is 10.7 Å². The van der Waals surface area contributed by atoms with Crippen LogP contribution in [0.3, 0.4) is 0 Å². The minimum Gasteiger partial charge on any atom is -0.508 e. The SMILES string of the molecule is O=C(NCc1ccc(O)cc1)c1csc(-c2ccccn2)n1. The highest BCUT2D eigenvalue weighted by atomic mass is 32.1. The number of aromatic hydroxyl groups is 1. The van der Waals surface area contributed by atoms with E-state index in [1.807, 2.05) is 18.2 Å². The molecular weight excluding hydrogens is 298 g/mol. The molecule has 0 bridgehead atoms. The Balaban J connectivity index is 1.66. The third-order valence-corrected chi connectivity index (χ3v) is 3.88. The average Bonchev–Trinajstić information content (AvgIpc) is 3.05. The van der Waals surface area contributed by atoms with Crippen molar-refractivity contribution >= 4 is 17.2 Å². The van der Waals surface area contributed by atoms with Crippen molar-refractivity contribution in [3.63, 3.8) is 0 Å². The van der Waals surface area contributed by atoms with Gasteiger partial charge < -0.3 is 10.4 Å². The zero-order chi connectivity index (χ0) is 15.4. The van der Waals surface area contributed by atoms with Crippen LogP contribution < -0.4 is 5.32 Å². The Kier molecular flexibility index (Phi) is 4.11. The summed E-state index contributed by atoms with van der Waals surface area (Å²) in [5.41, 5.74) is 2.04. The number of rotatable bonds is 4. The van der Waals surface area contributed by atoms with E-state index in [0.717, 1.165) is 16.3 Å². The summed E-state index contributed by atoms with van der Waals surface area (Å²) in [7, 11) is 0. The summed E-state index contributed by atoms with van der Waals surface area (Å²) in [5, 5.41) is 14.5. The van der Waals surface area contributed by atoms with Crippen molar-refractivity contribution in [3.8, 4) is 16.5 Å². The van der Waals surface area contributed by atoms with Crippen molar-refractivity contribution in [2.24, 2.45) is 0 Å². The molecule has 2 heterocycles. The number of nitrogens with one attached hydrogen (secondary N) is 1. The van der Waals surface area contributed by atoms with Gasteiger partial charge in [0.25, 0.3) is 5.91 Å². The Morgan fingerprint density at radius 2 is 2.00 bits per heavy atom. The second kappa shape index (κ2) is 6.36. The van der Waals surface area contributed by atoms with Gasteiger partial charge in [0.15, 0.2) is 0 Å². The summed E-state index contributed by atoms with van der Waals surface area (Å²) < 4.78 is 0. The molecule has 2 N–H and O–H groups in total. The van der Waals surface area contributed by atoms with E-state index in [2.05, 4.69) is 15.3 Å². The Morgan fingerprint density at radius 1 is 1.18 bits per heavy atom. The number of thiazole rings is 1. The topological polar surface area (TPSA) is 75.1 Å². The molecule has 0 aliphatic carbocycles. The van der Waals surface area contributed by atoms with Gasteiger partial charge in [0, 0.05) is 18.1 Å². The molecule has 22 heavy (non-hydrogen) atoms. The molecule has 1 aromatic carbocycles. The van der Waals surface area contributed by atoms with Crippen LogP contribution in [0.1, 0.15) is 16.1 Å². The predicted molar refractivity (Wildman–Crippen MR) is 84.6 cm³/mol. The Bertz CT molecular complexity index is 770. The van der Waals surface area contributed by atoms with Gasteiger partial charge in [-0.25, -0.2) is 4.98 Å². The number of amides is 1. The molecule has 6 heteroatoms. The first kappa shape index (κ1) is 14.2. The van der Waals surface area contributed by atoms with E-state index in [9.17, 15) is 9.90 Å². The van der Waals surface area contributed by atoms with E-state index in [-0.39, 0.29) is 11.7 Å². The Hall–Kier alpha value is -2.73. The first-order valence-corrected chi connectivity index (χ1v) is 7.53. The summed E-state index contributed by atoms with van der Waals surface area (Å²) in [6, 6.07) is 12.3. The molecule has 5 nitrogen and oxygen atoms in total. The van der Waals surface area contributed by atoms with E-state index in [1.54, 1.807) is 35.8 Å². The lowest BCUT2D eigenvalue weighted by Gasteiger charge is -2.03. The van der Waals surface area contributed by atoms with Gasteiger partial charge in [-0.15, -0.1) is 11.3 Å². The molecule has 3 aromatic rings. The number of phenolic OH excluding ortho intramolecular Hbond substituents is 1. The molecular formula is C16H13N3O2S. The molecule has 0 radical (unpaired) electrons. The van der Waals surface area contributed by atoms with Gasteiger partial charge in [0.1, 0.15) is 16.5 Å². The first-order valence-electron chi connectivity index (χ1n) is 6.65. The van der Waals surface area contributed by atoms with Crippen LogP contribution in [0.2, 0.25) is 0 Å². The summed E-state index contributed by atoms with van der Waals surface area (Å²) in [6.45, 7) is 0.384. The summed E-state index contributed by atoms with van der Waals surface area (Å²) in [4.78, 5) is 20.6. The highest BCUT2D eigenvalue weighted by Crippen LogP contribution is 2.21. The molecule has 3 rings (SSSR count). The fraction of sp³-hybridized carbons (Fsp3) is 0.0625. The molecule has 2 aromatic heterocycles. The maximum absolute atomic E-state index is 12.1. The van der Waals surface area contributed by atoms with Gasteiger partial charge in [-0.3, -0.25) is 9.78 Å². The van der Waals surface area contributed by atoms with Gasteiger partial charge in [-0.2, -0.15) is 0 Å². The van der Waals surface area contributed by atoms with Gasteiger partial charge in [0.2, 0.25) is 0 Å². The quantitative estimate of drug-likeness (QED) is 0.777. The molecule has 0 aliphatic heterocycles. The zero-order valence-electron chi connectivity index (χ0n) is 11.6. The number of phenols is 1. The summed E-state index contributed by atoms with van der Waals surface area (Å²) in [5.74, 6) is -0.0268. The smallest absolute Gasteiger partial charge is 0.271 e. The van der Waals surface area contributed by atoms with Crippen LogP contribution >= 0.6 is 11.3 Å². The van der Waals surface area contributed by atoms with E-state index < -0.39 is 0 Å². The molecule has 0 saturated heterocycles. The van der Waals surface area contributed by atoms with Gasteiger partial charge in [-0.1, -0.05) is 18.2 Å². The van der Waals surface area contributed by atoms with E-state index in [0.29, 0.717) is 12.2 Å². The lowest BCUT2D eigenvalue weighted by atomic mass is 10.2. The number of carbonyl (C=O) groups is 1. The van der Waals surface area contributed by atoms with Crippen molar-refractivity contribution in [3.05, 3.63) is 65.3 Å². The van der Waals surface area contributed by atoms with Crippen molar-refractivity contribution in [2.45, 2.75) is 6.54 Å².